The number of hydrogen-bond acceptors (Lipinski definition) is 4. The smallest absolute Gasteiger partial charge is 0.120 e. The van der Waals surface area contributed by atoms with E-state index in [0.717, 1.165) is 11.1 Å². The predicted molar refractivity (Wildman–Crippen MR) is 78.4 cm³/mol. The molecule has 0 amide bonds. The molecular weight excluding hydrogens is 240 g/mol. The van der Waals surface area contributed by atoms with Crippen molar-refractivity contribution < 1.29 is 10.2 Å². The largest absolute Gasteiger partial charge is 0.508 e. The maximum atomic E-state index is 10.2. The van der Waals surface area contributed by atoms with E-state index in [1.165, 1.54) is 0 Å². The van der Waals surface area contributed by atoms with E-state index in [4.69, 9.17) is 0 Å². The highest BCUT2D eigenvalue weighted by Gasteiger charge is 2.22. The van der Waals surface area contributed by atoms with E-state index in [1.807, 2.05) is 51.9 Å². The van der Waals surface area contributed by atoms with Gasteiger partial charge in [0.2, 0.25) is 0 Å². The number of phenols is 1. The Morgan fingerprint density at radius 3 is 2.58 bits per heavy atom. The molecule has 4 nitrogen and oxygen atoms in total. The number of benzene rings is 1. The number of nitrogens with zero attached hydrogens (tertiary/aromatic N) is 1. The van der Waals surface area contributed by atoms with E-state index in [9.17, 15) is 10.2 Å². The Bertz CT molecular complexity index is 417. The molecule has 0 aliphatic rings. The molecule has 1 aromatic rings. The van der Waals surface area contributed by atoms with Crippen molar-refractivity contribution in [2.75, 3.05) is 27.2 Å². The van der Waals surface area contributed by atoms with Gasteiger partial charge in [0.05, 0.1) is 5.60 Å². The van der Waals surface area contributed by atoms with Crippen LogP contribution in [0.15, 0.2) is 18.2 Å². The number of nitrogens with one attached hydrogen (secondary N) is 1. The second kappa shape index (κ2) is 6.37. The highest BCUT2D eigenvalue weighted by atomic mass is 16.3. The van der Waals surface area contributed by atoms with Crippen LogP contribution in [-0.4, -0.2) is 47.9 Å². The fourth-order valence-electron chi connectivity index (χ4n) is 2.24. The maximum absolute atomic E-state index is 10.2. The van der Waals surface area contributed by atoms with Crippen molar-refractivity contribution in [1.82, 2.24) is 10.2 Å². The summed E-state index contributed by atoms with van der Waals surface area (Å²) in [6.07, 6.45) is 0. The molecule has 0 radical (unpaired) electrons. The minimum atomic E-state index is -0.794. The second-order valence-electron chi connectivity index (χ2n) is 5.90. The van der Waals surface area contributed by atoms with Crippen LogP contribution in [0.3, 0.4) is 0 Å². The Kier molecular flexibility index (Phi) is 5.35. The lowest BCUT2D eigenvalue weighted by molar-refractivity contribution is 0.0317. The van der Waals surface area contributed by atoms with Crippen LogP contribution in [0.25, 0.3) is 0 Å². The van der Waals surface area contributed by atoms with Gasteiger partial charge in [-0.05, 0) is 40.9 Å². The van der Waals surface area contributed by atoms with Gasteiger partial charge >= 0.3 is 0 Å². The monoisotopic (exact) mass is 266 g/mol. The Labute approximate surface area is 116 Å². The molecule has 2 unspecified atom stereocenters. The van der Waals surface area contributed by atoms with E-state index in [-0.39, 0.29) is 11.8 Å². The number of rotatable bonds is 6. The number of aromatic hydroxyl groups is 1. The number of aliphatic hydroxyl groups is 1. The summed E-state index contributed by atoms with van der Waals surface area (Å²) in [5, 5.41) is 23.4. The van der Waals surface area contributed by atoms with Gasteiger partial charge in [0.25, 0.3) is 0 Å². The van der Waals surface area contributed by atoms with Crippen molar-refractivity contribution in [3.8, 4) is 5.75 Å². The summed E-state index contributed by atoms with van der Waals surface area (Å²) in [7, 11) is 3.87. The lowest BCUT2D eigenvalue weighted by Gasteiger charge is -2.29. The van der Waals surface area contributed by atoms with Crippen molar-refractivity contribution >= 4 is 0 Å². The van der Waals surface area contributed by atoms with E-state index in [1.54, 1.807) is 6.07 Å². The molecule has 0 saturated carbocycles. The molecule has 2 atom stereocenters. The molecule has 108 valence electrons. The summed E-state index contributed by atoms with van der Waals surface area (Å²) in [5.41, 5.74) is 1.18. The van der Waals surface area contributed by atoms with Gasteiger partial charge < -0.3 is 20.4 Å². The van der Waals surface area contributed by atoms with Crippen molar-refractivity contribution in [3.05, 3.63) is 29.3 Å². The zero-order chi connectivity index (χ0) is 14.6. The van der Waals surface area contributed by atoms with Crippen molar-refractivity contribution in [2.45, 2.75) is 32.4 Å². The van der Waals surface area contributed by atoms with Crippen LogP contribution in [0.2, 0.25) is 0 Å². The summed E-state index contributed by atoms with van der Waals surface area (Å²) < 4.78 is 0. The normalized spacial score (nSPS) is 16.4. The average Bonchev–Trinajstić information content (AvgIpc) is 2.27. The number of hydrogen-bond donors (Lipinski definition) is 3. The summed E-state index contributed by atoms with van der Waals surface area (Å²) in [5.74, 6) is 0.290. The molecule has 0 aliphatic carbocycles. The van der Waals surface area contributed by atoms with Gasteiger partial charge in [-0.1, -0.05) is 17.7 Å². The van der Waals surface area contributed by atoms with Crippen LogP contribution in [-0.2, 0) is 0 Å². The van der Waals surface area contributed by atoms with Crippen molar-refractivity contribution in [3.63, 3.8) is 0 Å². The Hall–Kier alpha value is -1.10. The van der Waals surface area contributed by atoms with Gasteiger partial charge in [-0.2, -0.15) is 0 Å². The number of phenolic OH excluding ortho intramolecular Hbond substituents is 1. The van der Waals surface area contributed by atoms with Crippen LogP contribution in [0.5, 0.6) is 5.75 Å². The lowest BCUT2D eigenvalue weighted by atomic mass is 10.0. The van der Waals surface area contributed by atoms with Crippen molar-refractivity contribution in [1.29, 1.82) is 0 Å². The highest BCUT2D eigenvalue weighted by Crippen LogP contribution is 2.25. The van der Waals surface area contributed by atoms with Crippen LogP contribution in [0.1, 0.15) is 31.0 Å². The molecule has 0 bridgehead atoms. The standard InChI is InChI=1S/C15H26N2O2/c1-11-6-7-14(18)13(8-11)12(2)16-9-15(3,19)10-17(4)5/h6-8,12,16,18-19H,9-10H2,1-5H3. The molecular formula is C15H26N2O2. The first-order chi connectivity index (χ1) is 8.71. The van der Waals surface area contributed by atoms with Crippen molar-refractivity contribution in [2.24, 2.45) is 0 Å². The third-order valence-electron chi connectivity index (χ3n) is 3.10. The first-order valence-corrected chi connectivity index (χ1v) is 6.61. The minimum absolute atomic E-state index is 0.00598. The van der Waals surface area contributed by atoms with Gasteiger partial charge in [0.1, 0.15) is 5.75 Å². The summed E-state index contributed by atoms with van der Waals surface area (Å²) >= 11 is 0. The van der Waals surface area contributed by atoms with Crippen LogP contribution < -0.4 is 5.32 Å². The maximum Gasteiger partial charge on any atom is 0.120 e. The fourth-order valence-corrected chi connectivity index (χ4v) is 2.24. The highest BCUT2D eigenvalue weighted by molar-refractivity contribution is 5.37. The SMILES string of the molecule is Cc1ccc(O)c(C(C)NCC(C)(O)CN(C)C)c1. The first kappa shape index (κ1) is 16.0. The third-order valence-corrected chi connectivity index (χ3v) is 3.10. The van der Waals surface area contributed by atoms with E-state index >= 15 is 0 Å². The van der Waals surface area contributed by atoms with Gasteiger partial charge in [-0.3, -0.25) is 0 Å². The first-order valence-electron chi connectivity index (χ1n) is 6.61. The average molecular weight is 266 g/mol. The van der Waals surface area contributed by atoms with E-state index < -0.39 is 5.60 Å². The molecule has 0 heterocycles. The lowest BCUT2D eigenvalue weighted by Crippen LogP contribution is -2.46. The Balaban J connectivity index is 2.65. The Morgan fingerprint density at radius 2 is 2.00 bits per heavy atom. The molecule has 0 fully saturated rings. The molecule has 4 heteroatoms. The zero-order valence-corrected chi connectivity index (χ0v) is 12.6. The topological polar surface area (TPSA) is 55.7 Å². The molecule has 0 aliphatic heterocycles. The van der Waals surface area contributed by atoms with Gasteiger partial charge in [0.15, 0.2) is 0 Å². The van der Waals surface area contributed by atoms with E-state index in [2.05, 4.69) is 5.32 Å². The van der Waals surface area contributed by atoms with Crippen LogP contribution >= 0.6 is 0 Å². The summed E-state index contributed by atoms with van der Waals surface area (Å²) in [6.45, 7) is 6.85. The molecule has 0 saturated heterocycles. The second-order valence-corrected chi connectivity index (χ2v) is 5.90. The third kappa shape index (κ3) is 5.19. The molecule has 0 spiro atoms. The van der Waals surface area contributed by atoms with Crippen LogP contribution in [0.4, 0.5) is 0 Å². The summed E-state index contributed by atoms with van der Waals surface area (Å²) in [4.78, 5) is 1.95. The number of likely N-dealkylation sites (N-methyl/N-ethyl adjacent to an activating group) is 1. The molecule has 3 N–H and O–H groups in total. The van der Waals surface area contributed by atoms with E-state index in [0.29, 0.717) is 13.1 Å². The van der Waals surface area contributed by atoms with Gasteiger partial charge in [-0.25, -0.2) is 0 Å². The van der Waals surface area contributed by atoms with Crippen LogP contribution in [0, 0.1) is 6.92 Å². The fraction of sp³-hybridized carbons (Fsp3) is 0.600. The minimum Gasteiger partial charge on any atom is -0.508 e. The predicted octanol–water partition coefficient (Wildman–Crippen LogP) is 1.66. The summed E-state index contributed by atoms with van der Waals surface area (Å²) in [6, 6.07) is 5.55. The molecule has 1 aromatic carbocycles. The molecule has 19 heavy (non-hydrogen) atoms. The van der Waals surface area contributed by atoms with Gasteiger partial charge in [-0.15, -0.1) is 0 Å². The van der Waals surface area contributed by atoms with Gasteiger partial charge in [0, 0.05) is 24.7 Å². The number of aryl methyl sites for hydroxylation is 1. The quantitative estimate of drug-likeness (QED) is 0.733. The molecule has 0 aromatic heterocycles. The zero-order valence-electron chi connectivity index (χ0n) is 12.6. The molecule has 1 rings (SSSR count). The Morgan fingerprint density at radius 1 is 1.37 bits per heavy atom.